The maximum atomic E-state index is 13.5. The first-order chi connectivity index (χ1) is 17.3. The van der Waals surface area contributed by atoms with E-state index in [1.165, 1.54) is 23.1 Å². The fourth-order valence-corrected chi connectivity index (χ4v) is 4.06. The van der Waals surface area contributed by atoms with Crippen molar-refractivity contribution in [3.05, 3.63) is 99.8 Å². The molecule has 0 saturated carbocycles. The van der Waals surface area contributed by atoms with Crippen molar-refractivity contribution in [2.24, 2.45) is 0 Å². The highest BCUT2D eigenvalue weighted by Crippen LogP contribution is 2.27. The van der Waals surface area contributed by atoms with Crippen LogP contribution in [0.15, 0.2) is 72.8 Å². The topological polar surface area (TPSA) is 58.6 Å². The predicted octanol–water partition coefficient (Wildman–Crippen LogP) is 6.07. The molecule has 1 N–H and O–H groups in total. The molecule has 0 spiro atoms. The summed E-state index contributed by atoms with van der Waals surface area (Å²) in [6.07, 6.45) is 1.05. The maximum Gasteiger partial charge on any atom is 0.261 e. The highest BCUT2D eigenvalue weighted by Gasteiger charge is 2.31. The summed E-state index contributed by atoms with van der Waals surface area (Å²) >= 11 is 12.1. The number of halogens is 3. The Morgan fingerprint density at radius 2 is 1.69 bits per heavy atom. The molecular formula is C28H29Cl2FN2O3. The van der Waals surface area contributed by atoms with Gasteiger partial charge in [0, 0.05) is 24.0 Å². The number of carbonyl (C=O) groups excluding carboxylic acids is 2. The first kappa shape index (κ1) is 27.5. The summed E-state index contributed by atoms with van der Waals surface area (Å²) in [5, 5.41) is 3.72. The van der Waals surface area contributed by atoms with Gasteiger partial charge in [-0.3, -0.25) is 9.59 Å². The molecule has 8 heteroatoms. The molecule has 2 atom stereocenters. The lowest BCUT2D eigenvalue weighted by Crippen LogP contribution is -2.53. The van der Waals surface area contributed by atoms with Gasteiger partial charge in [-0.25, -0.2) is 4.39 Å². The molecule has 5 nitrogen and oxygen atoms in total. The third kappa shape index (κ3) is 7.97. The highest BCUT2D eigenvalue weighted by molar-refractivity contribution is 6.35. The van der Waals surface area contributed by atoms with E-state index in [9.17, 15) is 14.0 Å². The average molecular weight is 531 g/mol. The minimum Gasteiger partial charge on any atom is -0.482 e. The number of amides is 2. The van der Waals surface area contributed by atoms with E-state index in [4.69, 9.17) is 27.9 Å². The zero-order valence-electron chi connectivity index (χ0n) is 20.2. The van der Waals surface area contributed by atoms with Crippen molar-refractivity contribution in [3.8, 4) is 5.75 Å². The number of nitrogens with zero attached hydrogens (tertiary/aromatic N) is 1. The van der Waals surface area contributed by atoms with E-state index in [-0.39, 0.29) is 35.9 Å². The number of benzene rings is 3. The van der Waals surface area contributed by atoms with Crippen LogP contribution in [0.3, 0.4) is 0 Å². The molecule has 0 radical (unpaired) electrons. The molecule has 0 aromatic heterocycles. The van der Waals surface area contributed by atoms with Gasteiger partial charge in [-0.05, 0) is 54.8 Å². The molecule has 0 saturated heterocycles. The van der Waals surface area contributed by atoms with Crippen molar-refractivity contribution in [2.45, 2.75) is 45.3 Å². The molecule has 0 aliphatic rings. The molecule has 3 rings (SSSR count). The Morgan fingerprint density at radius 1 is 1.00 bits per heavy atom. The zero-order chi connectivity index (χ0) is 26.1. The van der Waals surface area contributed by atoms with Crippen molar-refractivity contribution in [3.63, 3.8) is 0 Å². The maximum absolute atomic E-state index is 13.5. The summed E-state index contributed by atoms with van der Waals surface area (Å²) in [7, 11) is 0. The van der Waals surface area contributed by atoms with Crippen LogP contribution in [0.2, 0.25) is 10.0 Å². The number of rotatable bonds is 11. The third-order valence-electron chi connectivity index (χ3n) is 5.78. The lowest BCUT2D eigenvalue weighted by Gasteiger charge is -2.32. The summed E-state index contributed by atoms with van der Waals surface area (Å²) in [6, 6.07) is 19.2. The molecule has 0 aliphatic carbocycles. The van der Waals surface area contributed by atoms with Gasteiger partial charge < -0.3 is 15.0 Å². The van der Waals surface area contributed by atoms with E-state index in [1.54, 1.807) is 24.3 Å². The Labute approximate surface area is 221 Å². The minimum atomic E-state index is -0.816. The van der Waals surface area contributed by atoms with Gasteiger partial charge in [0.15, 0.2) is 6.61 Å². The standard InChI is InChI=1S/C28H29Cl2FN2O3/c1-3-19(2)32-28(35)25(15-20-7-5-4-6-8-20)33(17-21-9-12-23(31)13-10-21)27(34)18-36-26-14-11-22(29)16-24(26)30/h4-14,16,19,25H,3,15,17-18H2,1-2H3,(H,32,35)/t19-,25+/m1/s1. The normalized spacial score (nSPS) is 12.5. The van der Waals surface area contributed by atoms with Gasteiger partial charge in [0.2, 0.25) is 5.91 Å². The Hall–Kier alpha value is -3.09. The number of carbonyl (C=O) groups is 2. The second kappa shape index (κ2) is 13.3. The molecule has 0 aliphatic heterocycles. The lowest BCUT2D eigenvalue weighted by molar-refractivity contribution is -0.143. The van der Waals surface area contributed by atoms with Gasteiger partial charge >= 0.3 is 0 Å². The summed E-state index contributed by atoms with van der Waals surface area (Å²) < 4.78 is 19.2. The van der Waals surface area contributed by atoms with Gasteiger partial charge in [0.1, 0.15) is 17.6 Å². The van der Waals surface area contributed by atoms with Crippen LogP contribution in [-0.4, -0.2) is 35.4 Å². The van der Waals surface area contributed by atoms with Gasteiger partial charge in [-0.15, -0.1) is 0 Å². The fourth-order valence-electron chi connectivity index (χ4n) is 3.60. The van der Waals surface area contributed by atoms with Gasteiger partial charge in [0.25, 0.3) is 5.91 Å². The second-order valence-corrected chi connectivity index (χ2v) is 9.38. The highest BCUT2D eigenvalue weighted by atomic mass is 35.5. The number of hydrogen-bond acceptors (Lipinski definition) is 3. The third-order valence-corrected chi connectivity index (χ3v) is 6.31. The Bertz CT molecular complexity index is 1160. The quantitative estimate of drug-likeness (QED) is 0.327. The lowest BCUT2D eigenvalue weighted by atomic mass is 10.0. The van der Waals surface area contributed by atoms with Crippen molar-refractivity contribution in [2.75, 3.05) is 6.61 Å². The van der Waals surface area contributed by atoms with Crippen LogP contribution in [0.5, 0.6) is 5.75 Å². The summed E-state index contributed by atoms with van der Waals surface area (Å²) in [5.74, 6) is -0.758. The summed E-state index contributed by atoms with van der Waals surface area (Å²) in [4.78, 5) is 28.4. The Morgan fingerprint density at radius 3 is 2.33 bits per heavy atom. The molecule has 3 aromatic rings. The molecule has 3 aromatic carbocycles. The van der Waals surface area contributed by atoms with Crippen LogP contribution < -0.4 is 10.1 Å². The summed E-state index contributed by atoms with van der Waals surface area (Å²) in [5.41, 5.74) is 1.59. The second-order valence-electron chi connectivity index (χ2n) is 8.53. The van der Waals surface area contributed by atoms with Gasteiger partial charge in [0.05, 0.1) is 5.02 Å². The molecule has 0 fully saturated rings. The van der Waals surface area contributed by atoms with Crippen LogP contribution in [0.4, 0.5) is 4.39 Å². The first-order valence-corrected chi connectivity index (χ1v) is 12.5. The number of hydrogen-bond donors (Lipinski definition) is 1. The Kier molecular flexibility index (Phi) is 10.1. The monoisotopic (exact) mass is 530 g/mol. The van der Waals surface area contributed by atoms with E-state index in [2.05, 4.69) is 5.32 Å². The van der Waals surface area contributed by atoms with Gasteiger partial charge in [-0.2, -0.15) is 0 Å². The van der Waals surface area contributed by atoms with Crippen LogP contribution in [0.25, 0.3) is 0 Å². The van der Waals surface area contributed by atoms with Crippen molar-refractivity contribution in [1.29, 1.82) is 0 Å². The van der Waals surface area contributed by atoms with E-state index in [0.717, 1.165) is 12.0 Å². The minimum absolute atomic E-state index is 0.0670. The largest absolute Gasteiger partial charge is 0.482 e. The molecule has 36 heavy (non-hydrogen) atoms. The SMILES string of the molecule is CC[C@@H](C)NC(=O)[C@H](Cc1ccccc1)N(Cc1ccc(F)cc1)C(=O)COc1ccc(Cl)cc1Cl. The molecule has 0 bridgehead atoms. The fraction of sp³-hybridized carbons (Fsp3) is 0.286. The van der Waals surface area contributed by atoms with Gasteiger partial charge in [-0.1, -0.05) is 72.6 Å². The Balaban J connectivity index is 1.91. The van der Waals surface area contributed by atoms with E-state index in [0.29, 0.717) is 22.8 Å². The van der Waals surface area contributed by atoms with E-state index in [1.807, 2.05) is 44.2 Å². The molecule has 2 amide bonds. The van der Waals surface area contributed by atoms with Crippen molar-refractivity contribution < 1.29 is 18.7 Å². The molecule has 190 valence electrons. The molecule has 0 heterocycles. The van der Waals surface area contributed by atoms with Crippen molar-refractivity contribution in [1.82, 2.24) is 10.2 Å². The van der Waals surface area contributed by atoms with E-state index < -0.39 is 11.9 Å². The predicted molar refractivity (Wildman–Crippen MR) is 141 cm³/mol. The average Bonchev–Trinajstić information content (AvgIpc) is 2.87. The first-order valence-electron chi connectivity index (χ1n) is 11.7. The molecule has 0 unspecified atom stereocenters. The summed E-state index contributed by atoms with van der Waals surface area (Å²) in [6.45, 7) is 3.64. The smallest absolute Gasteiger partial charge is 0.261 e. The van der Waals surface area contributed by atoms with Crippen molar-refractivity contribution >= 4 is 35.0 Å². The van der Waals surface area contributed by atoms with E-state index >= 15 is 0 Å². The number of ether oxygens (including phenoxy) is 1. The molecular weight excluding hydrogens is 502 g/mol. The van der Waals surface area contributed by atoms with Crippen LogP contribution in [0.1, 0.15) is 31.4 Å². The number of nitrogens with one attached hydrogen (secondary N) is 1. The van der Waals surface area contributed by atoms with Crippen LogP contribution in [-0.2, 0) is 22.6 Å². The van der Waals surface area contributed by atoms with Crippen LogP contribution >= 0.6 is 23.2 Å². The van der Waals surface area contributed by atoms with Crippen LogP contribution in [0, 0.1) is 5.82 Å². The zero-order valence-corrected chi connectivity index (χ0v) is 21.7.